The molecule has 128 valence electrons. The van der Waals surface area contributed by atoms with Gasteiger partial charge in [-0.1, -0.05) is 29.3 Å². The van der Waals surface area contributed by atoms with Crippen LogP contribution in [0.1, 0.15) is 18.4 Å². The zero-order valence-corrected chi connectivity index (χ0v) is 14.7. The van der Waals surface area contributed by atoms with Crippen LogP contribution in [0.25, 0.3) is 11.0 Å². The number of carbonyl (C=O) groups is 1. The zero-order valence-electron chi connectivity index (χ0n) is 13.2. The summed E-state index contributed by atoms with van der Waals surface area (Å²) in [6.45, 7) is 0.267. The van der Waals surface area contributed by atoms with Crippen LogP contribution < -0.4 is 10.1 Å². The SMILES string of the molecule is O=C(Nc1nc2ccc(OCc3c(Cl)cccc3Cl)cc2[nH]1)C1CC1. The number of carbonyl (C=O) groups excluding carboxylic acids is 1. The molecule has 0 radical (unpaired) electrons. The molecule has 7 heteroatoms. The van der Waals surface area contributed by atoms with E-state index in [1.54, 1.807) is 18.2 Å². The number of rotatable bonds is 5. The van der Waals surface area contributed by atoms with Crippen LogP contribution >= 0.6 is 23.2 Å². The van der Waals surface area contributed by atoms with Gasteiger partial charge in [0, 0.05) is 27.6 Å². The molecule has 1 aliphatic rings. The smallest absolute Gasteiger partial charge is 0.229 e. The first-order valence-corrected chi connectivity index (χ1v) is 8.72. The lowest BCUT2D eigenvalue weighted by molar-refractivity contribution is -0.117. The van der Waals surface area contributed by atoms with E-state index in [1.807, 2.05) is 18.2 Å². The van der Waals surface area contributed by atoms with Gasteiger partial charge >= 0.3 is 0 Å². The molecule has 2 aromatic carbocycles. The molecule has 1 aromatic heterocycles. The van der Waals surface area contributed by atoms with Gasteiger partial charge in [0.2, 0.25) is 11.9 Å². The van der Waals surface area contributed by atoms with Crippen molar-refractivity contribution in [2.45, 2.75) is 19.4 Å². The summed E-state index contributed by atoms with van der Waals surface area (Å²) in [5.41, 5.74) is 2.29. The lowest BCUT2D eigenvalue weighted by Gasteiger charge is -2.09. The number of aromatic nitrogens is 2. The van der Waals surface area contributed by atoms with Crippen molar-refractivity contribution in [2.24, 2.45) is 5.92 Å². The number of hydrogen-bond acceptors (Lipinski definition) is 3. The first kappa shape index (κ1) is 16.2. The minimum absolute atomic E-state index is 0.0175. The summed E-state index contributed by atoms with van der Waals surface area (Å²) in [5, 5.41) is 3.94. The van der Waals surface area contributed by atoms with E-state index in [0.717, 1.165) is 29.4 Å². The number of anilines is 1. The number of ether oxygens (including phenoxy) is 1. The average molecular weight is 376 g/mol. The minimum atomic E-state index is 0.0175. The Morgan fingerprint density at radius 1 is 1.24 bits per heavy atom. The van der Waals surface area contributed by atoms with Crippen molar-refractivity contribution in [1.29, 1.82) is 0 Å². The highest BCUT2D eigenvalue weighted by Crippen LogP contribution is 2.30. The first-order chi connectivity index (χ1) is 12.1. The van der Waals surface area contributed by atoms with Gasteiger partial charge in [-0.05, 0) is 37.1 Å². The fourth-order valence-corrected chi connectivity index (χ4v) is 3.03. The van der Waals surface area contributed by atoms with Gasteiger partial charge < -0.3 is 9.72 Å². The summed E-state index contributed by atoms with van der Waals surface area (Å²) < 4.78 is 5.80. The van der Waals surface area contributed by atoms with E-state index in [2.05, 4.69) is 15.3 Å². The van der Waals surface area contributed by atoms with Crippen LogP contribution in [-0.2, 0) is 11.4 Å². The number of amides is 1. The van der Waals surface area contributed by atoms with Crippen LogP contribution in [-0.4, -0.2) is 15.9 Å². The van der Waals surface area contributed by atoms with Gasteiger partial charge in [0.25, 0.3) is 0 Å². The van der Waals surface area contributed by atoms with E-state index in [-0.39, 0.29) is 18.4 Å². The van der Waals surface area contributed by atoms with Gasteiger partial charge in [-0.15, -0.1) is 0 Å². The van der Waals surface area contributed by atoms with Gasteiger partial charge in [-0.3, -0.25) is 10.1 Å². The van der Waals surface area contributed by atoms with Crippen molar-refractivity contribution in [2.75, 3.05) is 5.32 Å². The Morgan fingerprint density at radius 3 is 2.72 bits per heavy atom. The van der Waals surface area contributed by atoms with Crippen LogP contribution in [0, 0.1) is 5.92 Å². The quantitative estimate of drug-likeness (QED) is 0.672. The Kier molecular flexibility index (Phi) is 4.27. The highest BCUT2D eigenvalue weighted by atomic mass is 35.5. The molecule has 5 nitrogen and oxygen atoms in total. The lowest BCUT2D eigenvalue weighted by atomic mass is 10.2. The summed E-state index contributed by atoms with van der Waals surface area (Å²) in [6, 6.07) is 10.8. The molecule has 0 spiro atoms. The van der Waals surface area contributed by atoms with Crippen LogP contribution in [0.2, 0.25) is 10.0 Å². The Hall–Kier alpha value is -2.24. The molecular weight excluding hydrogens is 361 g/mol. The molecule has 1 heterocycles. The van der Waals surface area contributed by atoms with Crippen LogP contribution in [0.5, 0.6) is 5.75 Å². The molecule has 4 rings (SSSR count). The summed E-state index contributed by atoms with van der Waals surface area (Å²) in [6.07, 6.45) is 1.91. The van der Waals surface area contributed by atoms with Crippen LogP contribution in [0.3, 0.4) is 0 Å². The van der Waals surface area contributed by atoms with Crippen molar-refractivity contribution in [1.82, 2.24) is 9.97 Å². The number of fused-ring (bicyclic) bond motifs is 1. The van der Waals surface area contributed by atoms with E-state index in [9.17, 15) is 4.79 Å². The van der Waals surface area contributed by atoms with Gasteiger partial charge in [0.15, 0.2) is 0 Å². The summed E-state index contributed by atoms with van der Waals surface area (Å²) in [5.74, 6) is 1.27. The van der Waals surface area contributed by atoms with E-state index in [0.29, 0.717) is 21.7 Å². The molecule has 0 saturated heterocycles. The number of aromatic amines is 1. The van der Waals surface area contributed by atoms with E-state index >= 15 is 0 Å². The summed E-state index contributed by atoms with van der Waals surface area (Å²) in [7, 11) is 0. The van der Waals surface area contributed by atoms with Crippen molar-refractivity contribution < 1.29 is 9.53 Å². The van der Waals surface area contributed by atoms with Crippen LogP contribution in [0.15, 0.2) is 36.4 Å². The number of nitrogens with one attached hydrogen (secondary N) is 2. The molecule has 1 fully saturated rings. The molecule has 0 aliphatic heterocycles. The van der Waals surface area contributed by atoms with E-state index < -0.39 is 0 Å². The molecule has 0 unspecified atom stereocenters. The van der Waals surface area contributed by atoms with E-state index in [4.69, 9.17) is 27.9 Å². The number of hydrogen-bond donors (Lipinski definition) is 2. The monoisotopic (exact) mass is 375 g/mol. The second-order valence-corrected chi connectivity index (χ2v) is 6.83. The maximum atomic E-state index is 11.8. The van der Waals surface area contributed by atoms with E-state index in [1.165, 1.54) is 0 Å². The standard InChI is InChI=1S/C18H15Cl2N3O2/c19-13-2-1-3-14(20)12(13)9-25-11-6-7-15-16(8-11)22-18(21-15)23-17(24)10-4-5-10/h1-3,6-8,10H,4-5,9H2,(H2,21,22,23,24). The second-order valence-electron chi connectivity index (χ2n) is 6.02. The van der Waals surface area contributed by atoms with Gasteiger partial charge in [0.1, 0.15) is 12.4 Å². The number of halogens is 2. The van der Waals surface area contributed by atoms with Crippen molar-refractivity contribution in [3.8, 4) is 5.75 Å². The first-order valence-electron chi connectivity index (χ1n) is 7.96. The fraction of sp³-hybridized carbons (Fsp3) is 0.222. The predicted molar refractivity (Wildman–Crippen MR) is 98.2 cm³/mol. The number of benzene rings is 2. The normalized spacial score (nSPS) is 13.8. The molecule has 0 atom stereocenters. The molecule has 2 N–H and O–H groups in total. The fourth-order valence-electron chi connectivity index (χ4n) is 2.53. The zero-order chi connectivity index (χ0) is 17.4. The molecular formula is C18H15Cl2N3O2. The third-order valence-electron chi connectivity index (χ3n) is 4.09. The average Bonchev–Trinajstić information content (AvgIpc) is 3.35. The highest BCUT2D eigenvalue weighted by Gasteiger charge is 2.30. The topological polar surface area (TPSA) is 67.0 Å². The minimum Gasteiger partial charge on any atom is -0.489 e. The third kappa shape index (κ3) is 3.57. The van der Waals surface area contributed by atoms with Gasteiger partial charge in [-0.2, -0.15) is 0 Å². The maximum absolute atomic E-state index is 11.8. The lowest BCUT2D eigenvalue weighted by Crippen LogP contribution is -2.14. The maximum Gasteiger partial charge on any atom is 0.229 e. The molecule has 1 amide bonds. The Bertz CT molecular complexity index is 930. The Balaban J connectivity index is 1.49. The van der Waals surface area contributed by atoms with Gasteiger partial charge in [0.05, 0.1) is 11.0 Å². The van der Waals surface area contributed by atoms with Gasteiger partial charge in [-0.25, -0.2) is 4.98 Å². The Labute approximate surface area is 154 Å². The largest absolute Gasteiger partial charge is 0.489 e. The number of nitrogens with zero attached hydrogens (tertiary/aromatic N) is 1. The summed E-state index contributed by atoms with van der Waals surface area (Å²) >= 11 is 12.3. The van der Waals surface area contributed by atoms with Crippen molar-refractivity contribution >= 4 is 46.1 Å². The molecule has 0 bridgehead atoms. The number of imidazole rings is 1. The van der Waals surface area contributed by atoms with Crippen LogP contribution in [0.4, 0.5) is 5.95 Å². The molecule has 3 aromatic rings. The Morgan fingerprint density at radius 2 is 2.00 bits per heavy atom. The van der Waals surface area contributed by atoms with Crippen molar-refractivity contribution in [3.05, 3.63) is 52.0 Å². The molecule has 1 saturated carbocycles. The summed E-state index contributed by atoms with van der Waals surface area (Å²) in [4.78, 5) is 19.3. The third-order valence-corrected chi connectivity index (χ3v) is 4.80. The van der Waals surface area contributed by atoms with Crippen molar-refractivity contribution in [3.63, 3.8) is 0 Å². The molecule has 25 heavy (non-hydrogen) atoms. The molecule has 1 aliphatic carbocycles. The predicted octanol–water partition coefficient (Wildman–Crippen LogP) is 4.80. The highest BCUT2D eigenvalue weighted by molar-refractivity contribution is 6.35. The number of H-pyrrole nitrogens is 1. The second kappa shape index (κ2) is 6.58.